The zero-order valence-electron chi connectivity index (χ0n) is 13.9. The maximum atomic E-state index is 12.5. The van der Waals surface area contributed by atoms with E-state index in [-0.39, 0.29) is 5.91 Å². The summed E-state index contributed by atoms with van der Waals surface area (Å²) in [5.41, 5.74) is 3.27. The number of nitrogens with zero attached hydrogens (tertiary/aromatic N) is 5. The Morgan fingerprint density at radius 1 is 1.39 bits per heavy atom. The molecule has 0 aliphatic carbocycles. The molecule has 1 N–H and O–H groups in total. The lowest BCUT2D eigenvalue weighted by molar-refractivity contribution is -0.140. The van der Waals surface area contributed by atoms with Crippen molar-refractivity contribution in [2.75, 3.05) is 7.05 Å². The SMILES string of the molecule is Cc1nn(C)c(C)c1CN(C)C(=O)c1cnn(C(C)C(=O)O)c1. The number of amides is 1. The van der Waals surface area contributed by atoms with E-state index in [1.54, 1.807) is 16.6 Å². The highest BCUT2D eigenvalue weighted by atomic mass is 16.4. The molecule has 8 heteroatoms. The van der Waals surface area contributed by atoms with E-state index in [4.69, 9.17) is 5.11 Å². The predicted molar refractivity (Wildman–Crippen MR) is 83.1 cm³/mol. The minimum atomic E-state index is -0.998. The first kappa shape index (κ1) is 16.7. The van der Waals surface area contributed by atoms with Crippen molar-refractivity contribution < 1.29 is 14.7 Å². The summed E-state index contributed by atoms with van der Waals surface area (Å²) in [6.07, 6.45) is 2.85. The minimum Gasteiger partial charge on any atom is -0.480 e. The molecule has 1 atom stereocenters. The summed E-state index contributed by atoms with van der Waals surface area (Å²) in [6.45, 7) is 5.81. The number of hydrogen-bond acceptors (Lipinski definition) is 4. The zero-order chi connectivity index (χ0) is 17.3. The Labute approximate surface area is 134 Å². The van der Waals surface area contributed by atoms with Crippen molar-refractivity contribution in [3.8, 4) is 0 Å². The lowest BCUT2D eigenvalue weighted by Crippen LogP contribution is -2.26. The first-order valence-corrected chi connectivity index (χ1v) is 7.23. The number of carbonyl (C=O) groups excluding carboxylic acids is 1. The van der Waals surface area contributed by atoms with Gasteiger partial charge in [0.1, 0.15) is 6.04 Å². The van der Waals surface area contributed by atoms with E-state index in [2.05, 4.69) is 10.2 Å². The van der Waals surface area contributed by atoms with E-state index in [1.807, 2.05) is 20.9 Å². The first-order valence-electron chi connectivity index (χ1n) is 7.23. The van der Waals surface area contributed by atoms with Gasteiger partial charge in [-0.2, -0.15) is 10.2 Å². The van der Waals surface area contributed by atoms with Gasteiger partial charge in [0.25, 0.3) is 5.91 Å². The van der Waals surface area contributed by atoms with E-state index in [0.717, 1.165) is 17.0 Å². The third-order valence-electron chi connectivity index (χ3n) is 4.00. The van der Waals surface area contributed by atoms with Crippen LogP contribution in [-0.2, 0) is 18.4 Å². The summed E-state index contributed by atoms with van der Waals surface area (Å²) in [6, 6.07) is -0.815. The minimum absolute atomic E-state index is 0.212. The second kappa shape index (κ2) is 6.23. The molecule has 0 bridgehead atoms. The smallest absolute Gasteiger partial charge is 0.328 e. The molecule has 124 valence electrons. The Hall–Kier alpha value is -2.64. The molecule has 2 aromatic heterocycles. The molecule has 2 aromatic rings. The van der Waals surface area contributed by atoms with Gasteiger partial charge in [0.15, 0.2) is 0 Å². The van der Waals surface area contributed by atoms with Crippen molar-refractivity contribution in [2.24, 2.45) is 7.05 Å². The normalized spacial score (nSPS) is 12.2. The standard InChI is InChI=1S/C15H21N5O3/c1-9-13(10(2)19(5)17-9)8-18(4)14(21)12-6-16-20(7-12)11(3)15(22)23/h6-7,11H,8H2,1-5H3,(H,22,23). The van der Waals surface area contributed by atoms with Crippen LogP contribution in [0, 0.1) is 13.8 Å². The van der Waals surface area contributed by atoms with Gasteiger partial charge in [-0.3, -0.25) is 14.2 Å². The predicted octanol–water partition coefficient (Wildman–Crippen LogP) is 1.15. The Balaban J connectivity index is 2.15. The number of rotatable bonds is 5. The first-order chi connectivity index (χ1) is 10.7. The Morgan fingerprint density at radius 3 is 2.57 bits per heavy atom. The van der Waals surface area contributed by atoms with E-state index in [1.165, 1.54) is 24.0 Å². The van der Waals surface area contributed by atoms with Gasteiger partial charge in [-0.1, -0.05) is 0 Å². The van der Waals surface area contributed by atoms with Crippen LogP contribution < -0.4 is 0 Å². The molecule has 8 nitrogen and oxygen atoms in total. The molecule has 0 saturated heterocycles. The van der Waals surface area contributed by atoms with Crippen molar-refractivity contribution >= 4 is 11.9 Å². The highest BCUT2D eigenvalue weighted by Gasteiger charge is 2.20. The van der Waals surface area contributed by atoms with Gasteiger partial charge in [-0.15, -0.1) is 0 Å². The van der Waals surface area contributed by atoms with Crippen LogP contribution in [0.25, 0.3) is 0 Å². The molecular weight excluding hydrogens is 298 g/mol. The fourth-order valence-corrected chi connectivity index (χ4v) is 2.35. The van der Waals surface area contributed by atoms with Crippen LogP contribution >= 0.6 is 0 Å². The molecule has 2 heterocycles. The van der Waals surface area contributed by atoms with Crippen LogP contribution in [0.2, 0.25) is 0 Å². The third-order valence-corrected chi connectivity index (χ3v) is 4.00. The number of aliphatic carboxylic acids is 1. The quantitative estimate of drug-likeness (QED) is 0.892. The van der Waals surface area contributed by atoms with Crippen molar-refractivity contribution in [1.29, 1.82) is 0 Å². The highest BCUT2D eigenvalue weighted by molar-refractivity contribution is 5.93. The van der Waals surface area contributed by atoms with E-state index in [9.17, 15) is 9.59 Å². The summed E-state index contributed by atoms with van der Waals surface area (Å²) in [4.78, 5) is 25.0. The van der Waals surface area contributed by atoms with Crippen molar-refractivity contribution in [3.05, 3.63) is 34.9 Å². The average molecular weight is 319 g/mol. The number of aromatic nitrogens is 4. The highest BCUT2D eigenvalue weighted by Crippen LogP contribution is 2.16. The summed E-state index contributed by atoms with van der Waals surface area (Å²) >= 11 is 0. The number of carboxylic acid groups (broad SMARTS) is 1. The Bertz CT molecular complexity index is 746. The van der Waals surface area contributed by atoms with Gasteiger partial charge >= 0.3 is 5.97 Å². The number of carboxylic acids is 1. The number of aryl methyl sites for hydroxylation is 2. The van der Waals surface area contributed by atoms with Crippen molar-refractivity contribution in [3.63, 3.8) is 0 Å². The monoisotopic (exact) mass is 319 g/mol. The second-order valence-electron chi connectivity index (χ2n) is 5.66. The van der Waals surface area contributed by atoms with Crippen LogP contribution in [-0.4, -0.2) is 48.5 Å². The average Bonchev–Trinajstić information content (AvgIpc) is 3.06. The molecule has 1 amide bonds. The molecule has 1 unspecified atom stereocenters. The van der Waals surface area contributed by atoms with Gasteiger partial charge in [-0.25, -0.2) is 4.79 Å². The maximum absolute atomic E-state index is 12.5. The van der Waals surface area contributed by atoms with E-state index in [0.29, 0.717) is 12.1 Å². The lowest BCUT2D eigenvalue weighted by Gasteiger charge is -2.16. The third kappa shape index (κ3) is 3.25. The Kier molecular flexibility index (Phi) is 4.53. The van der Waals surface area contributed by atoms with Crippen molar-refractivity contribution in [1.82, 2.24) is 24.5 Å². The lowest BCUT2D eigenvalue weighted by atomic mass is 10.2. The van der Waals surface area contributed by atoms with Crippen LogP contribution in [0.15, 0.2) is 12.4 Å². The topological polar surface area (TPSA) is 93.3 Å². The van der Waals surface area contributed by atoms with Crippen LogP contribution in [0.3, 0.4) is 0 Å². The summed E-state index contributed by atoms with van der Waals surface area (Å²) in [7, 11) is 3.57. The fourth-order valence-electron chi connectivity index (χ4n) is 2.35. The molecule has 0 aromatic carbocycles. The number of hydrogen-bond donors (Lipinski definition) is 1. The molecule has 0 fully saturated rings. The molecule has 2 rings (SSSR count). The van der Waals surface area contributed by atoms with Crippen LogP contribution in [0.4, 0.5) is 0 Å². The molecule has 0 aliphatic heterocycles. The summed E-state index contributed by atoms with van der Waals surface area (Å²) < 4.78 is 3.06. The van der Waals surface area contributed by atoms with Gasteiger partial charge in [0, 0.05) is 38.1 Å². The van der Waals surface area contributed by atoms with Gasteiger partial charge < -0.3 is 10.0 Å². The Morgan fingerprint density at radius 2 is 2.04 bits per heavy atom. The number of carbonyl (C=O) groups is 2. The largest absolute Gasteiger partial charge is 0.480 e. The molecule has 0 saturated carbocycles. The summed E-state index contributed by atoms with van der Waals surface area (Å²) in [5, 5.41) is 17.3. The fraction of sp³-hybridized carbons (Fsp3) is 0.467. The van der Waals surface area contributed by atoms with Crippen molar-refractivity contribution in [2.45, 2.75) is 33.4 Å². The maximum Gasteiger partial charge on any atom is 0.328 e. The van der Waals surface area contributed by atoms with Gasteiger partial charge in [0.2, 0.25) is 0 Å². The van der Waals surface area contributed by atoms with Crippen LogP contribution in [0.1, 0.15) is 40.3 Å². The molecule has 0 spiro atoms. The van der Waals surface area contributed by atoms with E-state index >= 15 is 0 Å². The molecule has 23 heavy (non-hydrogen) atoms. The van der Waals surface area contributed by atoms with Crippen LogP contribution in [0.5, 0.6) is 0 Å². The second-order valence-corrected chi connectivity index (χ2v) is 5.66. The molecule has 0 aliphatic rings. The molecular formula is C15H21N5O3. The van der Waals surface area contributed by atoms with E-state index < -0.39 is 12.0 Å². The van der Waals surface area contributed by atoms with Gasteiger partial charge in [-0.05, 0) is 20.8 Å². The molecule has 0 radical (unpaired) electrons. The van der Waals surface area contributed by atoms with Gasteiger partial charge in [0.05, 0.1) is 17.5 Å². The summed E-state index contributed by atoms with van der Waals surface area (Å²) in [5.74, 6) is -1.21. The zero-order valence-corrected chi connectivity index (χ0v) is 13.9.